The highest BCUT2D eigenvalue weighted by Gasteiger charge is 2.49. The van der Waals surface area contributed by atoms with Crippen molar-refractivity contribution >= 4 is 17.6 Å². The molecule has 128 valence electrons. The van der Waals surface area contributed by atoms with E-state index in [1.54, 1.807) is 19.1 Å². The lowest BCUT2D eigenvalue weighted by Crippen LogP contribution is -2.47. The Morgan fingerprint density at radius 1 is 1.04 bits per heavy atom. The van der Waals surface area contributed by atoms with E-state index in [9.17, 15) is 9.59 Å². The van der Waals surface area contributed by atoms with Crippen molar-refractivity contribution in [2.24, 2.45) is 4.99 Å². The molecule has 1 aliphatic heterocycles. The average Bonchev–Trinajstić information content (AvgIpc) is 2.95. The zero-order valence-corrected chi connectivity index (χ0v) is 14.5. The first-order valence-electron chi connectivity index (χ1n) is 8.20. The summed E-state index contributed by atoms with van der Waals surface area (Å²) < 4.78 is 5.20. The second kappa shape index (κ2) is 6.51. The van der Waals surface area contributed by atoms with E-state index in [0.717, 1.165) is 11.1 Å². The number of hydrogen-bond acceptors (Lipinski definition) is 4. The summed E-state index contributed by atoms with van der Waals surface area (Å²) in [7, 11) is 0. The predicted octanol–water partition coefficient (Wildman–Crippen LogP) is 2.64. The first kappa shape index (κ1) is 16.9. The Bertz CT molecular complexity index is 838. The van der Waals surface area contributed by atoms with Crippen LogP contribution in [0.4, 0.5) is 0 Å². The average molecular weight is 336 g/mol. The van der Waals surface area contributed by atoms with Gasteiger partial charge < -0.3 is 10.1 Å². The van der Waals surface area contributed by atoms with Gasteiger partial charge in [-0.3, -0.25) is 4.79 Å². The van der Waals surface area contributed by atoms with Crippen LogP contribution in [0.2, 0.25) is 0 Å². The van der Waals surface area contributed by atoms with Crippen LogP contribution in [0.1, 0.15) is 29.2 Å². The summed E-state index contributed by atoms with van der Waals surface area (Å²) in [5, 5.41) is 2.73. The summed E-state index contributed by atoms with van der Waals surface area (Å²) in [6, 6.07) is 14.8. The summed E-state index contributed by atoms with van der Waals surface area (Å²) in [4.78, 5) is 29.8. The van der Waals surface area contributed by atoms with Gasteiger partial charge in [0.25, 0.3) is 11.6 Å². The molecule has 5 nitrogen and oxygen atoms in total. The minimum Gasteiger partial charge on any atom is -0.463 e. The molecule has 2 aromatic rings. The molecule has 1 N–H and O–H groups in total. The molecule has 0 bridgehead atoms. The van der Waals surface area contributed by atoms with E-state index < -0.39 is 17.5 Å². The number of amides is 1. The van der Waals surface area contributed by atoms with Crippen LogP contribution >= 0.6 is 0 Å². The Morgan fingerprint density at radius 3 is 2.16 bits per heavy atom. The van der Waals surface area contributed by atoms with Crippen LogP contribution in [0.5, 0.6) is 0 Å². The van der Waals surface area contributed by atoms with Crippen molar-refractivity contribution in [1.29, 1.82) is 0 Å². The lowest BCUT2D eigenvalue weighted by atomic mass is 9.99. The monoisotopic (exact) mass is 336 g/mol. The van der Waals surface area contributed by atoms with Crippen LogP contribution < -0.4 is 5.32 Å². The minimum absolute atomic E-state index is 0.206. The van der Waals surface area contributed by atoms with Crippen molar-refractivity contribution in [1.82, 2.24) is 5.32 Å². The van der Waals surface area contributed by atoms with Crippen LogP contribution in [-0.4, -0.2) is 24.2 Å². The molecule has 1 unspecified atom stereocenters. The molecular formula is C20H20N2O3. The van der Waals surface area contributed by atoms with Crippen LogP contribution in [0, 0.1) is 13.8 Å². The maximum atomic E-state index is 12.7. The van der Waals surface area contributed by atoms with E-state index in [-0.39, 0.29) is 12.3 Å². The molecule has 1 amide bonds. The lowest BCUT2D eigenvalue weighted by molar-refractivity contribution is -0.152. The van der Waals surface area contributed by atoms with Crippen molar-refractivity contribution in [2.75, 3.05) is 6.61 Å². The van der Waals surface area contributed by atoms with Gasteiger partial charge in [-0.1, -0.05) is 59.7 Å². The zero-order valence-electron chi connectivity index (χ0n) is 14.5. The van der Waals surface area contributed by atoms with Gasteiger partial charge in [0.05, 0.1) is 6.61 Å². The Labute approximate surface area is 146 Å². The van der Waals surface area contributed by atoms with Gasteiger partial charge in [-0.25, -0.2) is 9.79 Å². The molecule has 0 aromatic heterocycles. The van der Waals surface area contributed by atoms with E-state index >= 15 is 0 Å². The third kappa shape index (κ3) is 3.05. The van der Waals surface area contributed by atoms with Gasteiger partial charge in [0, 0.05) is 11.1 Å². The van der Waals surface area contributed by atoms with E-state index in [0.29, 0.717) is 11.1 Å². The maximum absolute atomic E-state index is 12.7. The van der Waals surface area contributed by atoms with Crippen molar-refractivity contribution in [3.05, 3.63) is 70.8 Å². The normalized spacial score (nSPS) is 19.3. The molecule has 0 saturated carbocycles. The number of ether oxygens (including phenoxy) is 1. The molecule has 1 aliphatic rings. The summed E-state index contributed by atoms with van der Waals surface area (Å²) in [5.74, 6) is -0.980. The Hall–Kier alpha value is -2.95. The van der Waals surface area contributed by atoms with E-state index in [2.05, 4.69) is 10.3 Å². The number of rotatable bonds is 4. The molecule has 0 radical (unpaired) electrons. The van der Waals surface area contributed by atoms with Gasteiger partial charge in [0.15, 0.2) is 0 Å². The van der Waals surface area contributed by atoms with Crippen LogP contribution in [-0.2, 0) is 20.0 Å². The highest BCUT2D eigenvalue weighted by atomic mass is 16.5. The summed E-state index contributed by atoms with van der Waals surface area (Å²) in [6.07, 6.45) is 0. The molecule has 2 aromatic carbocycles. The Morgan fingerprint density at radius 2 is 1.60 bits per heavy atom. The highest BCUT2D eigenvalue weighted by Crippen LogP contribution is 2.30. The molecule has 0 saturated heterocycles. The van der Waals surface area contributed by atoms with Gasteiger partial charge in [-0.05, 0) is 20.8 Å². The fourth-order valence-corrected chi connectivity index (χ4v) is 2.76. The second-order valence-corrected chi connectivity index (χ2v) is 6.08. The molecule has 0 aliphatic carbocycles. The highest BCUT2D eigenvalue weighted by molar-refractivity contribution is 6.47. The standard InChI is InChI=1S/C20H20N2O3/c1-4-25-19(24)20(16-11-7-14(3)8-12-16)21-17(18(23)22-20)15-9-5-13(2)6-10-15/h5-12H,4H2,1-3H3,(H,22,23). The largest absolute Gasteiger partial charge is 0.463 e. The van der Waals surface area contributed by atoms with Crippen LogP contribution in [0.3, 0.4) is 0 Å². The van der Waals surface area contributed by atoms with E-state index in [1.807, 2.05) is 50.2 Å². The lowest BCUT2D eigenvalue weighted by Gasteiger charge is -2.24. The quantitative estimate of drug-likeness (QED) is 0.873. The topological polar surface area (TPSA) is 67.8 Å². The Balaban J connectivity index is 2.12. The van der Waals surface area contributed by atoms with E-state index in [4.69, 9.17) is 4.74 Å². The van der Waals surface area contributed by atoms with Gasteiger partial charge in [-0.15, -0.1) is 0 Å². The zero-order chi connectivity index (χ0) is 18.0. The molecule has 5 heteroatoms. The summed E-state index contributed by atoms with van der Waals surface area (Å²) >= 11 is 0. The molecule has 1 atom stereocenters. The van der Waals surface area contributed by atoms with Gasteiger partial charge in [0.2, 0.25) is 0 Å². The molecule has 1 heterocycles. The van der Waals surface area contributed by atoms with Gasteiger partial charge in [-0.2, -0.15) is 0 Å². The van der Waals surface area contributed by atoms with Gasteiger partial charge >= 0.3 is 5.97 Å². The van der Waals surface area contributed by atoms with Gasteiger partial charge in [0.1, 0.15) is 5.71 Å². The predicted molar refractivity (Wildman–Crippen MR) is 95.3 cm³/mol. The van der Waals surface area contributed by atoms with E-state index in [1.165, 1.54) is 0 Å². The number of carbonyl (C=O) groups is 2. The van der Waals surface area contributed by atoms with Crippen molar-refractivity contribution < 1.29 is 14.3 Å². The molecule has 3 rings (SSSR count). The number of aryl methyl sites for hydroxylation is 2. The van der Waals surface area contributed by atoms with Crippen molar-refractivity contribution in [2.45, 2.75) is 26.4 Å². The number of esters is 1. The third-order valence-electron chi connectivity index (χ3n) is 4.15. The number of aliphatic imine (C=N–C) groups is 1. The SMILES string of the molecule is CCOC(=O)C1(c2ccc(C)cc2)N=C(c2ccc(C)cc2)C(=O)N1. The third-order valence-corrected chi connectivity index (χ3v) is 4.15. The number of hydrogen-bond donors (Lipinski definition) is 1. The first-order valence-corrected chi connectivity index (χ1v) is 8.20. The fraction of sp³-hybridized carbons (Fsp3) is 0.250. The molecular weight excluding hydrogens is 316 g/mol. The van der Waals surface area contributed by atoms with Crippen molar-refractivity contribution in [3.8, 4) is 0 Å². The maximum Gasteiger partial charge on any atom is 0.359 e. The summed E-state index contributed by atoms with van der Waals surface area (Å²) in [5.41, 5.74) is 2.07. The molecule has 25 heavy (non-hydrogen) atoms. The smallest absolute Gasteiger partial charge is 0.359 e. The van der Waals surface area contributed by atoms with Crippen molar-refractivity contribution in [3.63, 3.8) is 0 Å². The number of nitrogens with one attached hydrogen (secondary N) is 1. The molecule has 0 fully saturated rings. The minimum atomic E-state index is -1.54. The number of nitrogens with zero attached hydrogens (tertiary/aromatic N) is 1. The second-order valence-electron chi connectivity index (χ2n) is 6.08. The molecule has 0 spiro atoms. The Kier molecular flexibility index (Phi) is 4.40. The number of benzene rings is 2. The summed E-state index contributed by atoms with van der Waals surface area (Å²) in [6.45, 7) is 5.85. The first-order chi connectivity index (χ1) is 12.0. The fourth-order valence-electron chi connectivity index (χ4n) is 2.76. The van der Waals surface area contributed by atoms with Crippen LogP contribution in [0.25, 0.3) is 0 Å². The van der Waals surface area contributed by atoms with Crippen LogP contribution in [0.15, 0.2) is 53.5 Å². The number of carbonyl (C=O) groups excluding carboxylic acids is 2.